The summed E-state index contributed by atoms with van der Waals surface area (Å²) < 4.78 is 38.0. The number of nitrogens with one attached hydrogen (secondary N) is 1. The van der Waals surface area contributed by atoms with Gasteiger partial charge in [0.2, 0.25) is 5.91 Å². The van der Waals surface area contributed by atoms with Crippen LogP contribution in [0.5, 0.6) is 0 Å². The van der Waals surface area contributed by atoms with Crippen molar-refractivity contribution in [1.29, 1.82) is 0 Å². The van der Waals surface area contributed by atoms with Gasteiger partial charge in [-0.15, -0.1) is 0 Å². The number of benzene rings is 1. The van der Waals surface area contributed by atoms with Crippen molar-refractivity contribution in [2.45, 2.75) is 31.7 Å². The Morgan fingerprint density at radius 3 is 2.58 bits per heavy atom. The van der Waals surface area contributed by atoms with Crippen LogP contribution in [-0.4, -0.2) is 23.9 Å². The number of halogens is 3. The van der Waals surface area contributed by atoms with E-state index in [2.05, 4.69) is 5.32 Å². The second-order valence-corrected chi connectivity index (χ2v) is 4.60. The molecular formula is C13H15F3N2O. The number of hydrogen-bond acceptors (Lipinski definition) is 2. The Morgan fingerprint density at radius 2 is 2.05 bits per heavy atom. The highest BCUT2D eigenvalue weighted by Crippen LogP contribution is 2.32. The van der Waals surface area contributed by atoms with Crippen LogP contribution in [0.1, 0.15) is 30.6 Å². The number of alkyl halides is 3. The first-order valence-electron chi connectivity index (χ1n) is 6.04. The minimum absolute atomic E-state index is 0.0927. The number of amides is 1. The van der Waals surface area contributed by atoms with Crippen LogP contribution in [-0.2, 0) is 11.0 Å². The molecule has 1 aromatic carbocycles. The van der Waals surface area contributed by atoms with E-state index < -0.39 is 17.9 Å². The lowest BCUT2D eigenvalue weighted by atomic mass is 10.1. The first kappa shape index (κ1) is 13.9. The normalized spacial score (nSPS) is 24.1. The third-order valence-electron chi connectivity index (χ3n) is 3.33. The molecule has 1 N–H and O–H groups in total. The molecule has 0 aromatic heterocycles. The average molecular weight is 272 g/mol. The van der Waals surface area contributed by atoms with Crippen LogP contribution in [0.2, 0.25) is 0 Å². The Balaban J connectivity index is 2.31. The maximum absolute atomic E-state index is 12.7. The molecule has 1 amide bonds. The van der Waals surface area contributed by atoms with E-state index in [0.29, 0.717) is 12.0 Å². The van der Waals surface area contributed by atoms with Gasteiger partial charge in [-0.3, -0.25) is 10.1 Å². The molecule has 1 heterocycles. The van der Waals surface area contributed by atoms with Gasteiger partial charge in [-0.2, -0.15) is 13.2 Å². The van der Waals surface area contributed by atoms with Crippen molar-refractivity contribution in [3.8, 4) is 0 Å². The lowest BCUT2D eigenvalue weighted by Gasteiger charge is -2.20. The van der Waals surface area contributed by atoms with Gasteiger partial charge in [-0.25, -0.2) is 0 Å². The van der Waals surface area contributed by atoms with Crippen molar-refractivity contribution < 1.29 is 18.0 Å². The summed E-state index contributed by atoms with van der Waals surface area (Å²) in [4.78, 5) is 13.3. The summed E-state index contributed by atoms with van der Waals surface area (Å²) >= 11 is 0. The summed E-state index contributed by atoms with van der Waals surface area (Å²) in [7, 11) is 1.59. The Morgan fingerprint density at radius 1 is 1.37 bits per heavy atom. The molecule has 1 aliphatic rings. The van der Waals surface area contributed by atoms with Crippen molar-refractivity contribution >= 4 is 5.91 Å². The molecule has 1 aliphatic heterocycles. The molecule has 2 atom stereocenters. The number of nitrogens with zero attached hydrogens (tertiary/aromatic N) is 1. The van der Waals surface area contributed by atoms with Crippen LogP contribution in [0.4, 0.5) is 13.2 Å². The average Bonchev–Trinajstić information content (AvgIpc) is 2.65. The Hall–Kier alpha value is -1.56. The summed E-state index contributed by atoms with van der Waals surface area (Å²) in [5.74, 6) is -0.0927. The van der Waals surface area contributed by atoms with Gasteiger partial charge in [-0.05, 0) is 24.1 Å². The highest BCUT2D eigenvalue weighted by molar-refractivity contribution is 5.84. The van der Waals surface area contributed by atoms with Crippen LogP contribution in [0.3, 0.4) is 0 Å². The molecule has 2 rings (SSSR count). The van der Waals surface area contributed by atoms with Crippen LogP contribution < -0.4 is 5.32 Å². The fraction of sp³-hybridized carbons (Fsp3) is 0.462. The van der Waals surface area contributed by atoms with E-state index in [4.69, 9.17) is 0 Å². The van der Waals surface area contributed by atoms with Gasteiger partial charge in [-0.1, -0.05) is 19.1 Å². The number of likely N-dealkylation sites (N-methyl/N-ethyl adjacent to an activating group) is 1. The highest BCUT2D eigenvalue weighted by atomic mass is 19.4. The fourth-order valence-corrected chi connectivity index (χ4v) is 2.24. The fourth-order valence-electron chi connectivity index (χ4n) is 2.24. The monoisotopic (exact) mass is 272 g/mol. The van der Waals surface area contributed by atoms with Gasteiger partial charge < -0.3 is 4.90 Å². The minimum Gasteiger partial charge on any atom is -0.325 e. The number of carbonyl (C=O) groups excluding carboxylic acids is 1. The maximum atomic E-state index is 12.7. The predicted molar refractivity (Wildman–Crippen MR) is 64.2 cm³/mol. The second-order valence-electron chi connectivity index (χ2n) is 4.60. The zero-order chi connectivity index (χ0) is 14.2. The number of carbonyl (C=O) groups is 1. The summed E-state index contributed by atoms with van der Waals surface area (Å²) in [6.07, 6.45) is -4.26. The topological polar surface area (TPSA) is 32.3 Å². The SMILES string of the molecule is CCC1NC(c2cccc(C(F)(F)F)c2)N(C)C1=O. The molecule has 0 bridgehead atoms. The van der Waals surface area contributed by atoms with E-state index in [9.17, 15) is 18.0 Å². The summed E-state index contributed by atoms with van der Waals surface area (Å²) in [6.45, 7) is 1.86. The molecule has 2 unspecified atom stereocenters. The van der Waals surface area contributed by atoms with E-state index in [1.54, 1.807) is 13.1 Å². The molecule has 1 aromatic rings. The predicted octanol–water partition coefficient (Wildman–Crippen LogP) is 2.54. The Bertz CT molecular complexity index is 487. The molecule has 0 spiro atoms. The van der Waals surface area contributed by atoms with Crippen LogP contribution in [0, 0.1) is 0 Å². The van der Waals surface area contributed by atoms with Crippen LogP contribution in [0.15, 0.2) is 24.3 Å². The number of rotatable bonds is 2. The third-order valence-corrected chi connectivity index (χ3v) is 3.33. The van der Waals surface area contributed by atoms with Crippen LogP contribution >= 0.6 is 0 Å². The molecule has 6 heteroatoms. The van der Waals surface area contributed by atoms with Gasteiger partial charge in [0.05, 0.1) is 11.6 Å². The summed E-state index contributed by atoms with van der Waals surface area (Å²) in [5, 5.41) is 3.04. The molecule has 0 radical (unpaired) electrons. The molecule has 0 saturated carbocycles. The standard InChI is InChI=1S/C13H15F3N2O/c1-3-10-12(19)18(2)11(17-10)8-5-4-6-9(7-8)13(14,15)16/h4-7,10-11,17H,3H2,1-2H3. The quantitative estimate of drug-likeness (QED) is 0.897. The van der Waals surface area contributed by atoms with Crippen molar-refractivity contribution in [3.63, 3.8) is 0 Å². The van der Waals surface area contributed by atoms with E-state index >= 15 is 0 Å². The molecule has 19 heavy (non-hydrogen) atoms. The van der Waals surface area contributed by atoms with Crippen molar-refractivity contribution in [2.24, 2.45) is 0 Å². The summed E-state index contributed by atoms with van der Waals surface area (Å²) in [6, 6.07) is 4.73. The van der Waals surface area contributed by atoms with Crippen LogP contribution in [0.25, 0.3) is 0 Å². The first-order chi connectivity index (χ1) is 8.84. The van der Waals surface area contributed by atoms with E-state index in [0.717, 1.165) is 12.1 Å². The zero-order valence-electron chi connectivity index (χ0n) is 10.7. The molecule has 1 fully saturated rings. The molecule has 0 aliphatic carbocycles. The van der Waals surface area contributed by atoms with E-state index in [1.165, 1.54) is 11.0 Å². The smallest absolute Gasteiger partial charge is 0.325 e. The lowest BCUT2D eigenvalue weighted by molar-refractivity contribution is -0.137. The van der Waals surface area contributed by atoms with Gasteiger partial charge in [0, 0.05) is 7.05 Å². The van der Waals surface area contributed by atoms with Gasteiger partial charge in [0.25, 0.3) is 0 Å². The molecular weight excluding hydrogens is 257 g/mol. The number of hydrogen-bond donors (Lipinski definition) is 1. The zero-order valence-corrected chi connectivity index (χ0v) is 10.7. The Kier molecular flexibility index (Phi) is 3.54. The van der Waals surface area contributed by atoms with Gasteiger partial charge >= 0.3 is 6.18 Å². The van der Waals surface area contributed by atoms with Crippen molar-refractivity contribution in [1.82, 2.24) is 10.2 Å². The van der Waals surface area contributed by atoms with E-state index in [-0.39, 0.29) is 11.9 Å². The largest absolute Gasteiger partial charge is 0.416 e. The second kappa shape index (κ2) is 4.85. The maximum Gasteiger partial charge on any atom is 0.416 e. The lowest BCUT2D eigenvalue weighted by Crippen LogP contribution is -2.27. The molecule has 104 valence electrons. The van der Waals surface area contributed by atoms with E-state index in [1.807, 2.05) is 6.92 Å². The summed E-state index contributed by atoms with van der Waals surface area (Å²) in [5.41, 5.74) is -0.255. The first-order valence-corrected chi connectivity index (χ1v) is 6.04. The van der Waals surface area contributed by atoms with Crippen molar-refractivity contribution in [3.05, 3.63) is 35.4 Å². The minimum atomic E-state index is -4.37. The van der Waals surface area contributed by atoms with Crippen molar-refractivity contribution in [2.75, 3.05) is 7.05 Å². The highest BCUT2D eigenvalue weighted by Gasteiger charge is 2.37. The molecule has 1 saturated heterocycles. The molecule has 3 nitrogen and oxygen atoms in total. The third kappa shape index (κ3) is 2.58. The Labute approximate surface area is 109 Å². The van der Waals surface area contributed by atoms with Gasteiger partial charge in [0.15, 0.2) is 0 Å². The van der Waals surface area contributed by atoms with Gasteiger partial charge in [0.1, 0.15) is 6.17 Å².